The number of aryl methyl sites for hydroxylation is 1. The van der Waals surface area contributed by atoms with E-state index >= 15 is 0 Å². The van der Waals surface area contributed by atoms with Crippen molar-refractivity contribution < 1.29 is 9.47 Å². The van der Waals surface area contributed by atoms with Crippen molar-refractivity contribution in [1.29, 1.82) is 0 Å². The largest absolute Gasteiger partial charge is 0.497 e. The molecule has 0 spiro atoms. The van der Waals surface area contributed by atoms with Crippen LogP contribution in [0.3, 0.4) is 0 Å². The predicted molar refractivity (Wildman–Crippen MR) is 149 cm³/mol. The van der Waals surface area contributed by atoms with Crippen LogP contribution in [0.4, 0.5) is 0 Å². The molecule has 1 aromatic heterocycles. The molecule has 1 aliphatic carbocycles. The standard InChI is InChI=1S/C31H35N3O3/c1-20-7-14-28-27(15-20)31(35)34(19-22-6-4-5-21(16-22)18-32)30(33-28)24-10-8-23(9-11-24)26-13-12-25(36-2)17-29(26)37-3/h7-15,17,21-22H,4-6,16,18-19,32H2,1-3H3. The van der Waals surface area contributed by atoms with Gasteiger partial charge < -0.3 is 15.2 Å². The molecule has 6 nitrogen and oxygen atoms in total. The molecule has 1 saturated carbocycles. The fourth-order valence-corrected chi connectivity index (χ4v) is 5.60. The van der Waals surface area contributed by atoms with Crippen molar-refractivity contribution in [3.8, 4) is 34.0 Å². The molecule has 192 valence electrons. The molecular formula is C31H35N3O3. The van der Waals surface area contributed by atoms with E-state index in [4.69, 9.17) is 20.2 Å². The molecule has 6 heteroatoms. The SMILES string of the molecule is COc1ccc(-c2ccc(-c3nc4ccc(C)cc4c(=O)n3CC3CCCC(CN)C3)cc2)c(OC)c1. The van der Waals surface area contributed by atoms with Crippen molar-refractivity contribution in [2.75, 3.05) is 20.8 Å². The van der Waals surface area contributed by atoms with E-state index in [-0.39, 0.29) is 5.56 Å². The van der Waals surface area contributed by atoms with E-state index in [1.54, 1.807) is 14.2 Å². The van der Waals surface area contributed by atoms with Gasteiger partial charge in [-0.1, -0.05) is 42.3 Å². The molecule has 0 amide bonds. The van der Waals surface area contributed by atoms with E-state index in [9.17, 15) is 4.79 Å². The highest BCUT2D eigenvalue weighted by atomic mass is 16.5. The van der Waals surface area contributed by atoms with Gasteiger partial charge in [0.05, 0.1) is 25.1 Å². The van der Waals surface area contributed by atoms with Crippen molar-refractivity contribution in [1.82, 2.24) is 9.55 Å². The Labute approximate surface area is 218 Å². The minimum absolute atomic E-state index is 0.0273. The molecule has 4 aromatic rings. The highest BCUT2D eigenvalue weighted by Crippen LogP contribution is 2.35. The van der Waals surface area contributed by atoms with E-state index in [0.717, 1.165) is 58.5 Å². The van der Waals surface area contributed by atoms with Crippen molar-refractivity contribution in [3.63, 3.8) is 0 Å². The number of fused-ring (bicyclic) bond motifs is 1. The molecule has 2 unspecified atom stereocenters. The Morgan fingerprint density at radius 1 is 0.946 bits per heavy atom. The van der Waals surface area contributed by atoms with Gasteiger partial charge in [0.25, 0.3) is 5.56 Å². The highest BCUT2D eigenvalue weighted by molar-refractivity contribution is 5.81. The summed E-state index contributed by atoms with van der Waals surface area (Å²) in [6, 6.07) is 19.9. The van der Waals surface area contributed by atoms with Gasteiger partial charge in [-0.2, -0.15) is 0 Å². The van der Waals surface area contributed by atoms with Gasteiger partial charge in [0, 0.05) is 23.7 Å². The lowest BCUT2D eigenvalue weighted by molar-refractivity contribution is 0.246. The zero-order chi connectivity index (χ0) is 25.9. The Morgan fingerprint density at radius 2 is 1.70 bits per heavy atom. The molecule has 3 aromatic carbocycles. The number of benzene rings is 3. The molecule has 37 heavy (non-hydrogen) atoms. The molecule has 0 aliphatic heterocycles. The van der Waals surface area contributed by atoms with Crippen molar-refractivity contribution in [3.05, 3.63) is 76.6 Å². The number of nitrogens with zero attached hydrogens (tertiary/aromatic N) is 2. The molecule has 0 saturated heterocycles. The van der Waals surface area contributed by atoms with E-state index < -0.39 is 0 Å². The van der Waals surface area contributed by atoms with E-state index in [1.807, 2.05) is 60.0 Å². The maximum absolute atomic E-state index is 13.8. The topological polar surface area (TPSA) is 79.4 Å². The summed E-state index contributed by atoms with van der Waals surface area (Å²) in [7, 11) is 3.30. The number of hydrogen-bond acceptors (Lipinski definition) is 5. The third-order valence-corrected chi connectivity index (χ3v) is 7.64. The summed E-state index contributed by atoms with van der Waals surface area (Å²) in [5.41, 5.74) is 10.7. The third kappa shape index (κ3) is 5.12. The summed E-state index contributed by atoms with van der Waals surface area (Å²) in [6.45, 7) is 3.38. The van der Waals surface area contributed by atoms with Gasteiger partial charge in [0.15, 0.2) is 0 Å². The highest BCUT2D eigenvalue weighted by Gasteiger charge is 2.24. The molecule has 1 heterocycles. The molecule has 5 rings (SSSR count). The van der Waals surface area contributed by atoms with Crippen molar-refractivity contribution in [2.24, 2.45) is 17.6 Å². The average molecular weight is 498 g/mol. The Hall–Kier alpha value is -3.64. The Balaban J connectivity index is 1.57. The summed E-state index contributed by atoms with van der Waals surface area (Å²) in [4.78, 5) is 18.8. The Kier molecular flexibility index (Phi) is 7.28. The molecule has 1 fully saturated rings. The maximum Gasteiger partial charge on any atom is 0.261 e. The first-order valence-corrected chi connectivity index (χ1v) is 13.0. The molecule has 0 radical (unpaired) electrons. The zero-order valence-corrected chi connectivity index (χ0v) is 21.9. The first kappa shape index (κ1) is 25.0. The third-order valence-electron chi connectivity index (χ3n) is 7.64. The number of methoxy groups -OCH3 is 2. The first-order valence-electron chi connectivity index (χ1n) is 13.0. The Morgan fingerprint density at radius 3 is 2.43 bits per heavy atom. The lowest BCUT2D eigenvalue weighted by Crippen LogP contribution is -2.30. The van der Waals surface area contributed by atoms with Gasteiger partial charge in [-0.3, -0.25) is 9.36 Å². The minimum atomic E-state index is 0.0273. The van der Waals surface area contributed by atoms with Gasteiger partial charge in [0.1, 0.15) is 17.3 Å². The summed E-state index contributed by atoms with van der Waals surface area (Å²) in [5, 5.41) is 0.675. The van der Waals surface area contributed by atoms with Crippen LogP contribution in [0.1, 0.15) is 31.2 Å². The van der Waals surface area contributed by atoms with E-state index in [0.29, 0.717) is 36.1 Å². The van der Waals surface area contributed by atoms with Crippen LogP contribution in [0.2, 0.25) is 0 Å². The van der Waals surface area contributed by atoms with Crippen LogP contribution < -0.4 is 20.8 Å². The fourth-order valence-electron chi connectivity index (χ4n) is 5.60. The molecule has 1 aliphatic rings. The minimum Gasteiger partial charge on any atom is -0.497 e. The first-order chi connectivity index (χ1) is 18.0. The molecule has 0 bridgehead atoms. The van der Waals surface area contributed by atoms with Gasteiger partial charge in [-0.05, 0) is 74.4 Å². The van der Waals surface area contributed by atoms with Crippen LogP contribution in [0.15, 0.2) is 65.5 Å². The van der Waals surface area contributed by atoms with Gasteiger partial charge in [-0.25, -0.2) is 4.98 Å². The molecule has 2 atom stereocenters. The van der Waals surface area contributed by atoms with Gasteiger partial charge in [0.2, 0.25) is 0 Å². The van der Waals surface area contributed by atoms with Crippen LogP contribution in [0.25, 0.3) is 33.4 Å². The van der Waals surface area contributed by atoms with Crippen LogP contribution in [0.5, 0.6) is 11.5 Å². The number of rotatable bonds is 7. The monoisotopic (exact) mass is 497 g/mol. The summed E-state index contributed by atoms with van der Waals surface area (Å²) in [6.07, 6.45) is 4.52. The smallest absolute Gasteiger partial charge is 0.261 e. The quantitative estimate of drug-likeness (QED) is 0.348. The lowest BCUT2D eigenvalue weighted by atomic mass is 9.81. The second kappa shape index (κ2) is 10.8. The van der Waals surface area contributed by atoms with Crippen molar-refractivity contribution >= 4 is 10.9 Å². The second-order valence-electron chi connectivity index (χ2n) is 10.1. The number of hydrogen-bond donors (Lipinski definition) is 1. The summed E-state index contributed by atoms with van der Waals surface area (Å²) in [5.74, 6) is 3.16. The number of ether oxygens (including phenoxy) is 2. The molecular weight excluding hydrogens is 462 g/mol. The van der Waals surface area contributed by atoms with E-state index in [1.165, 1.54) is 6.42 Å². The van der Waals surface area contributed by atoms with Crippen LogP contribution in [0, 0.1) is 18.8 Å². The summed E-state index contributed by atoms with van der Waals surface area (Å²) >= 11 is 0. The second-order valence-corrected chi connectivity index (χ2v) is 10.1. The van der Waals surface area contributed by atoms with Gasteiger partial charge >= 0.3 is 0 Å². The van der Waals surface area contributed by atoms with Crippen LogP contribution in [-0.4, -0.2) is 30.3 Å². The summed E-state index contributed by atoms with van der Waals surface area (Å²) < 4.78 is 12.8. The van der Waals surface area contributed by atoms with Crippen molar-refractivity contribution in [2.45, 2.75) is 39.2 Å². The lowest BCUT2D eigenvalue weighted by Gasteiger charge is -2.29. The van der Waals surface area contributed by atoms with Crippen LogP contribution >= 0.6 is 0 Å². The normalized spacial score (nSPS) is 17.6. The average Bonchev–Trinajstić information content (AvgIpc) is 2.94. The Bertz CT molecular complexity index is 1460. The fraction of sp³-hybridized carbons (Fsp3) is 0.355. The molecule has 2 N–H and O–H groups in total. The predicted octanol–water partition coefficient (Wildman–Crippen LogP) is 5.82. The van der Waals surface area contributed by atoms with E-state index in [2.05, 4.69) is 12.1 Å². The number of nitrogens with two attached hydrogens (primary N) is 1. The number of aromatic nitrogens is 2. The van der Waals surface area contributed by atoms with Crippen LogP contribution in [-0.2, 0) is 6.54 Å². The maximum atomic E-state index is 13.8. The van der Waals surface area contributed by atoms with Gasteiger partial charge in [-0.15, -0.1) is 0 Å². The zero-order valence-electron chi connectivity index (χ0n) is 21.9.